The molecule has 6 nitrogen and oxygen atoms in total. The largest absolute Gasteiger partial charge is 0.375 e. The molecule has 3 rings (SSSR count). The molecule has 1 aliphatic carbocycles. The molecule has 1 aromatic heterocycles. The summed E-state index contributed by atoms with van der Waals surface area (Å²) in [7, 11) is 0. The van der Waals surface area contributed by atoms with E-state index in [0.717, 1.165) is 18.4 Å². The fourth-order valence-corrected chi connectivity index (χ4v) is 3.35. The smallest absolute Gasteiger partial charge is 0.288 e. The van der Waals surface area contributed by atoms with E-state index in [0.29, 0.717) is 18.6 Å². The summed E-state index contributed by atoms with van der Waals surface area (Å²) >= 11 is 0. The molecule has 1 amide bonds. The minimum absolute atomic E-state index is 0.0581. The molecule has 0 saturated carbocycles. The first-order valence-electron chi connectivity index (χ1n) is 9.47. The summed E-state index contributed by atoms with van der Waals surface area (Å²) in [5.41, 5.74) is 5.82. The van der Waals surface area contributed by atoms with E-state index in [1.54, 1.807) is 22.9 Å². The van der Waals surface area contributed by atoms with Crippen LogP contribution in [-0.2, 0) is 10.3 Å². The number of rotatable bonds is 8. The lowest BCUT2D eigenvalue weighted by Gasteiger charge is -2.34. The van der Waals surface area contributed by atoms with Gasteiger partial charge in [-0.2, -0.15) is 0 Å². The van der Waals surface area contributed by atoms with Gasteiger partial charge in [-0.05, 0) is 37.0 Å². The molecule has 0 spiro atoms. The zero-order valence-corrected chi connectivity index (χ0v) is 16.1. The van der Waals surface area contributed by atoms with Gasteiger partial charge in [-0.15, -0.1) is 5.10 Å². The minimum Gasteiger partial charge on any atom is -0.375 e. The van der Waals surface area contributed by atoms with Crippen molar-refractivity contribution in [2.75, 3.05) is 6.61 Å². The first kappa shape index (κ1) is 19.9. The molecule has 0 saturated heterocycles. The van der Waals surface area contributed by atoms with E-state index in [1.807, 2.05) is 18.2 Å². The Morgan fingerprint density at radius 1 is 1.36 bits per heavy atom. The maximum Gasteiger partial charge on any atom is 0.288 e. The van der Waals surface area contributed by atoms with Gasteiger partial charge in [0.2, 0.25) is 5.82 Å². The van der Waals surface area contributed by atoms with Crippen LogP contribution in [0.2, 0.25) is 0 Å². The van der Waals surface area contributed by atoms with Crippen LogP contribution in [0.25, 0.3) is 5.57 Å². The number of amides is 1. The van der Waals surface area contributed by atoms with Crippen LogP contribution in [0.4, 0.5) is 4.39 Å². The first-order valence-corrected chi connectivity index (χ1v) is 9.47. The van der Waals surface area contributed by atoms with Crippen LogP contribution >= 0.6 is 0 Å². The Kier molecular flexibility index (Phi) is 6.04. The summed E-state index contributed by atoms with van der Waals surface area (Å²) in [6.45, 7) is 4.47. The molecule has 148 valence electrons. The Morgan fingerprint density at radius 2 is 2.11 bits per heavy atom. The lowest BCUT2D eigenvalue weighted by molar-refractivity contribution is 0.00393. The zero-order valence-electron chi connectivity index (χ0n) is 16.1. The third kappa shape index (κ3) is 4.04. The van der Waals surface area contributed by atoms with Crippen molar-refractivity contribution in [1.82, 2.24) is 14.8 Å². The van der Waals surface area contributed by atoms with Crippen molar-refractivity contribution in [2.45, 2.75) is 44.8 Å². The predicted molar refractivity (Wildman–Crippen MR) is 105 cm³/mol. The highest BCUT2D eigenvalue weighted by Gasteiger charge is 2.34. The van der Waals surface area contributed by atoms with Crippen molar-refractivity contribution in [2.24, 2.45) is 5.73 Å². The van der Waals surface area contributed by atoms with Gasteiger partial charge < -0.3 is 10.5 Å². The standard InChI is InChI=1S/C21H25FN4O2/c1-3-16(4-2)28-13-21(26-14-24-20(25-26)19(23)27)11-7-8-15(12-21)17-9-5-6-10-18(17)22/h5-10,12,14,16H,3-4,11,13H2,1-2H3,(H2,23,27). The predicted octanol–water partition coefficient (Wildman–Crippen LogP) is 3.46. The van der Waals surface area contributed by atoms with Gasteiger partial charge in [0.25, 0.3) is 5.91 Å². The summed E-state index contributed by atoms with van der Waals surface area (Å²) in [6, 6.07) is 6.62. The molecule has 7 heteroatoms. The summed E-state index contributed by atoms with van der Waals surface area (Å²) < 4.78 is 22.1. The maximum atomic E-state index is 14.4. The number of hydrogen-bond donors (Lipinski definition) is 1. The monoisotopic (exact) mass is 384 g/mol. The second kappa shape index (κ2) is 8.48. The van der Waals surface area contributed by atoms with Crippen molar-refractivity contribution in [3.63, 3.8) is 0 Å². The summed E-state index contributed by atoms with van der Waals surface area (Å²) in [4.78, 5) is 15.5. The van der Waals surface area contributed by atoms with E-state index in [2.05, 4.69) is 23.9 Å². The Hall–Kier alpha value is -2.80. The molecule has 0 radical (unpaired) electrons. The van der Waals surface area contributed by atoms with Crippen LogP contribution in [0, 0.1) is 5.82 Å². The molecule has 0 fully saturated rings. The number of carbonyl (C=O) groups is 1. The van der Waals surface area contributed by atoms with Gasteiger partial charge in [-0.1, -0.05) is 44.2 Å². The number of hydrogen-bond acceptors (Lipinski definition) is 4. The van der Waals surface area contributed by atoms with Gasteiger partial charge in [0, 0.05) is 5.56 Å². The summed E-state index contributed by atoms with van der Waals surface area (Å²) in [5, 5.41) is 4.26. The molecular formula is C21H25FN4O2. The van der Waals surface area contributed by atoms with Crippen LogP contribution in [0.5, 0.6) is 0 Å². The van der Waals surface area contributed by atoms with E-state index in [9.17, 15) is 9.18 Å². The average Bonchev–Trinajstić information content (AvgIpc) is 3.21. The molecule has 1 heterocycles. The van der Waals surface area contributed by atoms with Crippen LogP contribution < -0.4 is 5.73 Å². The number of primary amides is 1. The lowest BCUT2D eigenvalue weighted by atomic mass is 9.86. The van der Waals surface area contributed by atoms with Gasteiger partial charge in [0.15, 0.2) is 0 Å². The van der Waals surface area contributed by atoms with Crippen LogP contribution in [0.15, 0.2) is 48.8 Å². The number of nitrogens with two attached hydrogens (primary N) is 1. The minimum atomic E-state index is -0.727. The number of nitrogens with zero attached hydrogens (tertiary/aromatic N) is 3. The Morgan fingerprint density at radius 3 is 2.75 bits per heavy atom. The molecule has 1 aliphatic rings. The number of ether oxygens (including phenoxy) is 1. The van der Waals surface area contributed by atoms with E-state index < -0.39 is 11.4 Å². The second-order valence-corrected chi connectivity index (χ2v) is 6.92. The number of carbonyl (C=O) groups excluding carboxylic acids is 1. The van der Waals surface area contributed by atoms with Crippen LogP contribution in [0.3, 0.4) is 0 Å². The van der Waals surface area contributed by atoms with Gasteiger partial charge in [-0.25, -0.2) is 14.1 Å². The molecule has 0 aliphatic heterocycles. The van der Waals surface area contributed by atoms with E-state index in [4.69, 9.17) is 10.5 Å². The van der Waals surface area contributed by atoms with Crippen molar-refractivity contribution in [3.8, 4) is 0 Å². The van der Waals surface area contributed by atoms with Gasteiger partial charge >= 0.3 is 0 Å². The topological polar surface area (TPSA) is 83.0 Å². The molecular weight excluding hydrogens is 359 g/mol. The third-order valence-corrected chi connectivity index (χ3v) is 5.03. The van der Waals surface area contributed by atoms with Gasteiger partial charge in [0.1, 0.15) is 17.7 Å². The summed E-state index contributed by atoms with van der Waals surface area (Å²) in [5.74, 6) is -1.05. The Balaban J connectivity index is 2.03. The molecule has 2 aromatic rings. The molecule has 0 bridgehead atoms. The third-order valence-electron chi connectivity index (χ3n) is 5.03. The lowest BCUT2D eigenvalue weighted by Crippen LogP contribution is -2.39. The van der Waals surface area contributed by atoms with E-state index in [-0.39, 0.29) is 17.7 Å². The molecule has 1 aromatic carbocycles. The normalized spacial score (nSPS) is 19.1. The number of aromatic nitrogens is 3. The highest BCUT2D eigenvalue weighted by molar-refractivity contribution is 5.88. The van der Waals surface area contributed by atoms with Crippen LogP contribution in [0.1, 0.15) is 49.3 Å². The first-order chi connectivity index (χ1) is 13.5. The fraction of sp³-hybridized carbons (Fsp3) is 0.381. The highest BCUT2D eigenvalue weighted by Crippen LogP contribution is 2.34. The summed E-state index contributed by atoms with van der Waals surface area (Å²) in [6.07, 6.45) is 9.72. The Bertz CT molecular complexity index is 901. The Labute approximate surface area is 163 Å². The zero-order chi connectivity index (χ0) is 20.1. The van der Waals surface area contributed by atoms with Crippen molar-refractivity contribution < 1.29 is 13.9 Å². The second-order valence-electron chi connectivity index (χ2n) is 6.92. The van der Waals surface area contributed by atoms with E-state index >= 15 is 0 Å². The van der Waals surface area contributed by atoms with E-state index in [1.165, 1.54) is 12.4 Å². The number of benzene rings is 1. The van der Waals surface area contributed by atoms with Gasteiger partial charge in [-0.3, -0.25) is 4.79 Å². The molecule has 2 N–H and O–H groups in total. The highest BCUT2D eigenvalue weighted by atomic mass is 19.1. The SMILES string of the molecule is CCC(CC)OCC1(n2cnc(C(N)=O)n2)C=C(c2ccccc2F)C=CC1. The maximum absolute atomic E-state index is 14.4. The average molecular weight is 384 g/mol. The van der Waals surface area contributed by atoms with Gasteiger partial charge in [0.05, 0.1) is 12.7 Å². The van der Waals surface area contributed by atoms with Crippen molar-refractivity contribution in [1.29, 1.82) is 0 Å². The number of allylic oxidation sites excluding steroid dienone is 3. The molecule has 1 atom stereocenters. The molecule has 1 unspecified atom stereocenters. The number of halogens is 1. The quantitative estimate of drug-likeness (QED) is 0.755. The van der Waals surface area contributed by atoms with Crippen molar-refractivity contribution in [3.05, 3.63) is 66.0 Å². The van der Waals surface area contributed by atoms with Crippen LogP contribution in [-0.4, -0.2) is 33.4 Å². The van der Waals surface area contributed by atoms with Crippen molar-refractivity contribution >= 4 is 11.5 Å². The molecule has 28 heavy (non-hydrogen) atoms. The fourth-order valence-electron chi connectivity index (χ4n) is 3.35.